The highest BCUT2D eigenvalue weighted by molar-refractivity contribution is 8.01. The Morgan fingerprint density at radius 1 is 0.400 bits per heavy atom. The summed E-state index contributed by atoms with van der Waals surface area (Å²) in [6.07, 6.45) is 1.60. The molecule has 0 spiro atoms. The molecule has 0 radical (unpaired) electrons. The van der Waals surface area contributed by atoms with Gasteiger partial charge in [0.05, 0.1) is 77.2 Å². The molecule has 0 bridgehead atoms. The smallest absolute Gasteiger partial charge is 0.306 e. The molecule has 0 aliphatic heterocycles. The summed E-state index contributed by atoms with van der Waals surface area (Å²) in [6.45, 7) is 25.0. The van der Waals surface area contributed by atoms with Crippen LogP contribution in [0, 0.1) is 10.8 Å². The molecule has 0 heterocycles. The Hall–Kier alpha value is -0.220. The molecule has 0 aromatic rings. The van der Waals surface area contributed by atoms with E-state index in [2.05, 4.69) is 83.1 Å². The Kier molecular flexibility index (Phi) is 38.4. The fourth-order valence-electron chi connectivity index (χ4n) is 6.14. The third-order valence-electron chi connectivity index (χ3n) is 9.00. The number of thioether (sulfide) groups is 6. The van der Waals surface area contributed by atoms with Gasteiger partial charge in [0.25, 0.3) is 0 Å². The largest absolute Gasteiger partial charge is 0.465 e. The Morgan fingerprint density at radius 3 is 0.877 bits per heavy atom. The van der Waals surface area contributed by atoms with E-state index in [9.17, 15) is 19.2 Å². The van der Waals surface area contributed by atoms with Gasteiger partial charge < -0.3 is 23.7 Å². The fraction of sp³-hybridized carbons (Fsp3) is 0.913. The maximum Gasteiger partial charge on any atom is 0.306 e. The van der Waals surface area contributed by atoms with Crippen LogP contribution in [0.2, 0.25) is 0 Å². The molecule has 13 nitrogen and oxygen atoms in total. The van der Waals surface area contributed by atoms with Gasteiger partial charge >= 0.3 is 23.9 Å². The van der Waals surface area contributed by atoms with Gasteiger partial charge in [-0.25, -0.2) is 19.6 Å². The first kappa shape index (κ1) is 64.8. The van der Waals surface area contributed by atoms with Crippen molar-refractivity contribution in [2.24, 2.45) is 10.8 Å². The van der Waals surface area contributed by atoms with E-state index in [1.807, 2.05) is 0 Å². The van der Waals surface area contributed by atoms with E-state index in [0.29, 0.717) is 56.9 Å². The zero-order chi connectivity index (χ0) is 49.3. The Bertz CT molecular complexity index is 1110. The van der Waals surface area contributed by atoms with E-state index < -0.39 is 10.8 Å². The van der Waals surface area contributed by atoms with Crippen molar-refractivity contribution < 1.29 is 62.4 Å². The van der Waals surface area contributed by atoms with Crippen LogP contribution >= 0.6 is 70.6 Å². The van der Waals surface area contributed by atoms with Crippen LogP contribution in [0.1, 0.15) is 122 Å². The predicted octanol–water partition coefficient (Wildman–Crippen LogP) is 10.2. The molecule has 0 saturated carbocycles. The Labute approximate surface area is 418 Å². The quantitative estimate of drug-likeness (QED) is 0.0246. The topological polar surface area (TPSA) is 151 Å². The summed E-state index contributed by atoms with van der Waals surface area (Å²) >= 11 is 10.0. The van der Waals surface area contributed by atoms with Gasteiger partial charge in [-0.05, 0) is 44.3 Å². The van der Waals surface area contributed by atoms with E-state index in [4.69, 9.17) is 43.2 Å². The minimum atomic E-state index is -1.04. The number of hydrogen-bond acceptors (Lipinski definition) is 19. The van der Waals surface area contributed by atoms with Crippen molar-refractivity contribution in [2.45, 2.75) is 164 Å². The van der Waals surface area contributed by atoms with Gasteiger partial charge in [0.1, 0.15) is 26.4 Å². The van der Waals surface area contributed by atoms with Crippen molar-refractivity contribution in [2.75, 3.05) is 90.1 Å². The number of ether oxygens (including phenoxy) is 5. The molecule has 2 atom stereocenters. The van der Waals surface area contributed by atoms with Crippen LogP contribution in [0.25, 0.3) is 0 Å². The summed E-state index contributed by atoms with van der Waals surface area (Å²) in [5, 5.41) is 1.46. The summed E-state index contributed by atoms with van der Waals surface area (Å²) in [4.78, 5) is 74.4. The third-order valence-corrected chi connectivity index (χ3v) is 15.9. The number of carbonyl (C=O) groups is 4. The standard InChI is InChI=1S/C46H86O13S6/c1-33(2)60-19-15-41(47)54-29-45(23-39(25-58-51-13)64-37(9)10,30-55-42(48)16-20-61-34(3)4)27-53-28-46(24-40(26-59-52-14)65-38(11)12,31-56-43(49)17-21-62-35(5)6)32-57-44(50)18-22-63-36(7)8/h33-40H,15-32H2,1-14H3. The lowest BCUT2D eigenvalue weighted by Crippen LogP contribution is -2.46. The SMILES string of the molecule is COOCC(CC(COCC(COC(=O)CCSC(C)C)(COC(=O)CCSC(C)C)CC(COOC)SC(C)C)(COC(=O)CCSC(C)C)COC(=O)CCSC(C)C)SC(C)C. The number of esters is 4. The molecule has 384 valence electrons. The highest BCUT2D eigenvalue weighted by atomic mass is 32.2. The summed E-state index contributed by atoms with van der Waals surface area (Å²) < 4.78 is 31.1. The van der Waals surface area contributed by atoms with Crippen LogP contribution in [0.3, 0.4) is 0 Å². The first-order chi connectivity index (χ1) is 30.6. The zero-order valence-electron chi connectivity index (χ0n) is 42.1. The number of rotatable bonds is 42. The van der Waals surface area contributed by atoms with Crippen molar-refractivity contribution in [3.63, 3.8) is 0 Å². The molecule has 0 amide bonds. The van der Waals surface area contributed by atoms with Crippen LogP contribution in [0.4, 0.5) is 0 Å². The first-order valence-electron chi connectivity index (χ1n) is 22.9. The van der Waals surface area contributed by atoms with E-state index >= 15 is 0 Å². The Morgan fingerprint density at radius 2 is 0.662 bits per heavy atom. The molecule has 0 rings (SSSR count). The minimum absolute atomic E-state index is 0.0204. The lowest BCUT2D eigenvalue weighted by Gasteiger charge is -2.39. The normalized spacial score (nSPS) is 13.4. The van der Waals surface area contributed by atoms with Gasteiger partial charge in [-0.1, -0.05) is 83.1 Å². The monoisotopic (exact) mass is 1040 g/mol. The molecule has 0 aromatic carbocycles. The summed E-state index contributed by atoms with van der Waals surface area (Å²) in [7, 11) is 2.91. The Balaban J connectivity index is 7.34. The lowest BCUT2D eigenvalue weighted by molar-refractivity contribution is -0.273. The molecule has 0 fully saturated rings. The highest BCUT2D eigenvalue weighted by Crippen LogP contribution is 2.37. The molecule has 2 unspecified atom stereocenters. The second kappa shape index (κ2) is 38.5. The average molecular weight is 1040 g/mol. The molecule has 19 heteroatoms. The average Bonchev–Trinajstić information content (AvgIpc) is 3.20. The molecule has 0 N–H and O–H groups in total. The van der Waals surface area contributed by atoms with E-state index in [0.717, 1.165) is 0 Å². The molecule has 0 saturated heterocycles. The summed E-state index contributed by atoms with van der Waals surface area (Å²) in [5.41, 5.74) is -2.09. The van der Waals surface area contributed by atoms with Crippen molar-refractivity contribution in [3.8, 4) is 0 Å². The van der Waals surface area contributed by atoms with E-state index in [1.54, 1.807) is 70.6 Å². The van der Waals surface area contributed by atoms with Crippen molar-refractivity contribution in [1.82, 2.24) is 0 Å². The molecule has 65 heavy (non-hydrogen) atoms. The predicted molar refractivity (Wildman–Crippen MR) is 277 cm³/mol. The van der Waals surface area contributed by atoms with Crippen LogP contribution in [-0.4, -0.2) is 156 Å². The van der Waals surface area contributed by atoms with Gasteiger partial charge in [0.2, 0.25) is 0 Å². The fourth-order valence-corrected chi connectivity index (χ4v) is 11.9. The highest BCUT2D eigenvalue weighted by Gasteiger charge is 2.42. The molecule has 0 aliphatic rings. The van der Waals surface area contributed by atoms with Crippen molar-refractivity contribution in [1.29, 1.82) is 0 Å². The van der Waals surface area contributed by atoms with Crippen LogP contribution in [0.5, 0.6) is 0 Å². The molecular weight excluding hydrogens is 953 g/mol. The molecule has 0 aromatic heterocycles. The summed E-state index contributed by atoms with van der Waals surface area (Å²) in [6, 6.07) is 0. The van der Waals surface area contributed by atoms with Crippen LogP contribution in [-0.2, 0) is 62.4 Å². The van der Waals surface area contributed by atoms with E-state index in [1.165, 1.54) is 14.2 Å². The minimum Gasteiger partial charge on any atom is -0.465 e. The van der Waals surface area contributed by atoms with Gasteiger partial charge in [-0.2, -0.15) is 70.6 Å². The van der Waals surface area contributed by atoms with Gasteiger partial charge in [0, 0.05) is 33.5 Å². The van der Waals surface area contributed by atoms with Gasteiger partial charge in [0.15, 0.2) is 0 Å². The molecule has 0 aliphatic carbocycles. The van der Waals surface area contributed by atoms with Crippen LogP contribution in [0.15, 0.2) is 0 Å². The second-order valence-corrected chi connectivity index (χ2v) is 28.2. The zero-order valence-corrected chi connectivity index (χ0v) is 47.0. The summed E-state index contributed by atoms with van der Waals surface area (Å²) in [5.74, 6) is 0.942. The van der Waals surface area contributed by atoms with Crippen LogP contribution < -0.4 is 0 Å². The first-order valence-corrected chi connectivity index (χ1v) is 29.0. The number of carbonyl (C=O) groups excluding carboxylic acids is 4. The van der Waals surface area contributed by atoms with Gasteiger partial charge in [-0.3, -0.25) is 19.2 Å². The van der Waals surface area contributed by atoms with Gasteiger partial charge in [-0.15, -0.1) is 0 Å². The third kappa shape index (κ3) is 36.4. The van der Waals surface area contributed by atoms with E-state index in [-0.39, 0.29) is 123 Å². The van der Waals surface area contributed by atoms with Crippen molar-refractivity contribution >= 4 is 94.4 Å². The lowest BCUT2D eigenvalue weighted by atomic mass is 9.83. The second-order valence-electron chi connectivity index (χ2n) is 17.7. The maximum absolute atomic E-state index is 13.3. The number of hydrogen-bond donors (Lipinski definition) is 0. The maximum atomic E-state index is 13.3. The van der Waals surface area contributed by atoms with Crippen molar-refractivity contribution in [3.05, 3.63) is 0 Å². The molecular formula is C46H86O13S6.